The van der Waals surface area contributed by atoms with Crippen molar-refractivity contribution in [3.63, 3.8) is 0 Å². The van der Waals surface area contributed by atoms with E-state index >= 15 is 0 Å². The second-order valence-corrected chi connectivity index (χ2v) is 5.10. The van der Waals surface area contributed by atoms with Gasteiger partial charge >= 0.3 is 0 Å². The Labute approximate surface area is 109 Å². The Bertz CT molecular complexity index is 334. The minimum atomic E-state index is -0.495. The fourth-order valence-corrected chi connectivity index (χ4v) is 2.87. The molecule has 0 amide bonds. The lowest BCUT2D eigenvalue weighted by Gasteiger charge is -2.32. The Hall–Kier alpha value is -1.24. The first-order valence-corrected chi connectivity index (χ1v) is 6.95. The highest BCUT2D eigenvalue weighted by Gasteiger charge is 2.39. The standard InChI is InChI=1S/C14H22N2O2/c1-2-3-8-13(15-11-17)14(16-12-18)9-6-4-5-7-10-14/h13H,2-10H2,1H3. The molecule has 1 fully saturated rings. The molecule has 0 aromatic carbocycles. The fourth-order valence-electron chi connectivity index (χ4n) is 2.87. The van der Waals surface area contributed by atoms with Gasteiger partial charge in [0.15, 0.2) is 0 Å². The van der Waals surface area contributed by atoms with Gasteiger partial charge in [-0.2, -0.15) is 9.98 Å². The summed E-state index contributed by atoms with van der Waals surface area (Å²) in [5, 5.41) is 0. The fraction of sp³-hybridized carbons (Fsp3) is 0.857. The largest absolute Gasteiger partial charge is 0.235 e. The van der Waals surface area contributed by atoms with Crippen LogP contribution in [0.5, 0.6) is 0 Å². The summed E-state index contributed by atoms with van der Waals surface area (Å²) in [5.74, 6) is 0. The molecule has 0 aliphatic heterocycles. The molecule has 0 N–H and O–H groups in total. The second-order valence-electron chi connectivity index (χ2n) is 5.10. The molecule has 0 spiro atoms. The van der Waals surface area contributed by atoms with Crippen molar-refractivity contribution in [3.8, 4) is 0 Å². The van der Waals surface area contributed by atoms with Gasteiger partial charge in [-0.25, -0.2) is 9.59 Å². The van der Waals surface area contributed by atoms with Gasteiger partial charge < -0.3 is 0 Å². The lowest BCUT2D eigenvalue weighted by atomic mass is 9.81. The Morgan fingerprint density at radius 2 is 1.78 bits per heavy atom. The number of hydrogen-bond acceptors (Lipinski definition) is 4. The van der Waals surface area contributed by atoms with Crippen molar-refractivity contribution in [1.29, 1.82) is 0 Å². The van der Waals surface area contributed by atoms with Crippen LogP contribution in [0.15, 0.2) is 9.98 Å². The Balaban J connectivity index is 2.95. The summed E-state index contributed by atoms with van der Waals surface area (Å²) in [6.45, 7) is 2.10. The van der Waals surface area contributed by atoms with Crippen LogP contribution >= 0.6 is 0 Å². The van der Waals surface area contributed by atoms with Crippen LogP contribution in [-0.4, -0.2) is 23.7 Å². The zero-order valence-corrected chi connectivity index (χ0v) is 11.2. The predicted molar refractivity (Wildman–Crippen MR) is 70.0 cm³/mol. The molecule has 0 aromatic heterocycles. The molecule has 1 unspecified atom stereocenters. The quantitative estimate of drug-likeness (QED) is 0.412. The summed E-state index contributed by atoms with van der Waals surface area (Å²) in [7, 11) is 0. The third kappa shape index (κ3) is 3.90. The van der Waals surface area contributed by atoms with Crippen molar-refractivity contribution in [2.75, 3.05) is 0 Å². The van der Waals surface area contributed by atoms with Crippen molar-refractivity contribution in [1.82, 2.24) is 0 Å². The molecule has 1 atom stereocenters. The number of aliphatic imine (C=N–C) groups is 2. The molecule has 1 aliphatic rings. The van der Waals surface area contributed by atoms with Crippen LogP contribution in [0.2, 0.25) is 0 Å². The summed E-state index contributed by atoms with van der Waals surface area (Å²) in [4.78, 5) is 29.4. The Morgan fingerprint density at radius 1 is 1.11 bits per heavy atom. The number of carbonyl (C=O) groups excluding carboxylic acids is 2. The molecule has 4 heteroatoms. The predicted octanol–water partition coefficient (Wildman–Crippen LogP) is 3.31. The number of nitrogens with zero attached hydrogens (tertiary/aromatic N) is 2. The maximum absolute atomic E-state index is 10.7. The number of isocyanates is 2. The molecule has 0 aromatic rings. The summed E-state index contributed by atoms with van der Waals surface area (Å²) in [6, 6.07) is -0.200. The highest BCUT2D eigenvalue weighted by atomic mass is 16.1. The van der Waals surface area contributed by atoms with Crippen molar-refractivity contribution < 1.29 is 9.59 Å². The van der Waals surface area contributed by atoms with Gasteiger partial charge in [0.2, 0.25) is 12.2 Å². The van der Waals surface area contributed by atoms with Gasteiger partial charge in [0.1, 0.15) is 0 Å². The number of rotatable bonds is 6. The van der Waals surface area contributed by atoms with E-state index in [2.05, 4.69) is 16.9 Å². The molecule has 18 heavy (non-hydrogen) atoms. The van der Waals surface area contributed by atoms with Gasteiger partial charge in [-0.1, -0.05) is 45.4 Å². The van der Waals surface area contributed by atoms with Crippen LogP contribution in [0.25, 0.3) is 0 Å². The van der Waals surface area contributed by atoms with Gasteiger partial charge in [0.25, 0.3) is 0 Å². The number of hydrogen-bond donors (Lipinski definition) is 0. The van der Waals surface area contributed by atoms with E-state index in [0.717, 1.165) is 44.9 Å². The summed E-state index contributed by atoms with van der Waals surface area (Å²) >= 11 is 0. The van der Waals surface area contributed by atoms with Gasteiger partial charge in [-0.3, -0.25) is 0 Å². The van der Waals surface area contributed by atoms with Crippen LogP contribution in [-0.2, 0) is 9.59 Å². The van der Waals surface area contributed by atoms with E-state index in [9.17, 15) is 9.59 Å². The SMILES string of the molecule is CCCCC(N=C=O)C1(N=C=O)CCCCCC1. The van der Waals surface area contributed by atoms with Gasteiger partial charge in [0.05, 0.1) is 11.6 Å². The summed E-state index contributed by atoms with van der Waals surface area (Å²) < 4.78 is 0. The van der Waals surface area contributed by atoms with Crippen molar-refractivity contribution in [3.05, 3.63) is 0 Å². The molecule has 4 nitrogen and oxygen atoms in total. The summed E-state index contributed by atoms with van der Waals surface area (Å²) in [6.07, 6.45) is 12.3. The van der Waals surface area contributed by atoms with E-state index in [4.69, 9.17) is 0 Å². The zero-order chi connectivity index (χ0) is 13.3. The Morgan fingerprint density at radius 3 is 2.28 bits per heavy atom. The van der Waals surface area contributed by atoms with E-state index in [1.54, 1.807) is 12.2 Å². The molecular weight excluding hydrogens is 228 g/mol. The van der Waals surface area contributed by atoms with E-state index in [1.807, 2.05) is 0 Å². The van der Waals surface area contributed by atoms with Crippen molar-refractivity contribution >= 4 is 12.2 Å². The first kappa shape index (κ1) is 14.8. The van der Waals surface area contributed by atoms with E-state index in [1.165, 1.54) is 12.8 Å². The minimum Gasteiger partial charge on any atom is -0.211 e. The Kier molecular flexibility index (Phi) is 6.56. The molecule has 1 rings (SSSR count). The monoisotopic (exact) mass is 250 g/mol. The van der Waals surface area contributed by atoms with Gasteiger partial charge in [-0.15, -0.1) is 0 Å². The smallest absolute Gasteiger partial charge is 0.211 e. The van der Waals surface area contributed by atoms with Crippen LogP contribution in [0.4, 0.5) is 0 Å². The normalized spacial score (nSPS) is 20.1. The van der Waals surface area contributed by atoms with Crippen LogP contribution in [0.3, 0.4) is 0 Å². The van der Waals surface area contributed by atoms with Gasteiger partial charge in [-0.05, 0) is 19.3 Å². The van der Waals surface area contributed by atoms with E-state index in [0.29, 0.717) is 0 Å². The maximum Gasteiger partial charge on any atom is 0.235 e. The lowest BCUT2D eigenvalue weighted by Crippen LogP contribution is -2.39. The second kappa shape index (κ2) is 7.97. The molecule has 0 bridgehead atoms. The topological polar surface area (TPSA) is 58.9 Å². The van der Waals surface area contributed by atoms with Crippen molar-refractivity contribution in [2.45, 2.75) is 76.3 Å². The molecule has 100 valence electrons. The third-order valence-electron chi connectivity index (χ3n) is 3.90. The molecule has 0 radical (unpaired) electrons. The highest BCUT2D eigenvalue weighted by Crippen LogP contribution is 2.36. The molecular formula is C14H22N2O2. The van der Waals surface area contributed by atoms with Crippen LogP contribution in [0.1, 0.15) is 64.7 Å². The first-order valence-electron chi connectivity index (χ1n) is 6.95. The minimum absolute atomic E-state index is 0.200. The zero-order valence-electron chi connectivity index (χ0n) is 11.2. The maximum atomic E-state index is 10.7. The lowest BCUT2D eigenvalue weighted by molar-refractivity contribution is 0.290. The molecule has 1 aliphatic carbocycles. The highest BCUT2D eigenvalue weighted by molar-refractivity contribution is 5.38. The first-order chi connectivity index (χ1) is 8.79. The molecule has 1 saturated carbocycles. The van der Waals surface area contributed by atoms with Crippen LogP contribution in [0, 0.1) is 0 Å². The number of unbranched alkanes of at least 4 members (excludes halogenated alkanes) is 1. The molecule has 0 saturated heterocycles. The summed E-state index contributed by atoms with van der Waals surface area (Å²) in [5.41, 5.74) is -0.495. The average molecular weight is 250 g/mol. The van der Waals surface area contributed by atoms with Crippen molar-refractivity contribution in [2.24, 2.45) is 9.98 Å². The average Bonchev–Trinajstić information content (AvgIpc) is 2.61. The third-order valence-corrected chi connectivity index (χ3v) is 3.90. The van der Waals surface area contributed by atoms with E-state index < -0.39 is 5.54 Å². The van der Waals surface area contributed by atoms with Gasteiger partial charge in [0, 0.05) is 0 Å². The van der Waals surface area contributed by atoms with E-state index in [-0.39, 0.29) is 6.04 Å². The van der Waals surface area contributed by atoms with Crippen LogP contribution < -0.4 is 0 Å². The molecule has 0 heterocycles.